The number of hydrogen-bond acceptors (Lipinski definition) is 4. The second-order valence-electron chi connectivity index (χ2n) is 2.40. The van der Waals surface area contributed by atoms with Gasteiger partial charge < -0.3 is 20.3 Å². The normalized spacial score (nSPS) is 29.7. The van der Waals surface area contributed by atoms with Crippen molar-refractivity contribution in [1.82, 2.24) is 0 Å². The fourth-order valence-electron chi connectivity index (χ4n) is 0.904. The van der Waals surface area contributed by atoms with Crippen LogP contribution in [0.5, 0.6) is 0 Å². The van der Waals surface area contributed by atoms with E-state index in [2.05, 4.69) is 0 Å². The van der Waals surface area contributed by atoms with Crippen molar-refractivity contribution in [3.63, 3.8) is 0 Å². The number of nitrogens with two attached hydrogens (primary N) is 1. The van der Waals surface area contributed by atoms with Crippen LogP contribution >= 0.6 is 0 Å². The van der Waals surface area contributed by atoms with Crippen LogP contribution in [0.2, 0.25) is 0 Å². The van der Waals surface area contributed by atoms with Crippen molar-refractivity contribution in [1.29, 1.82) is 0 Å². The summed E-state index contributed by atoms with van der Waals surface area (Å²) in [7, 11) is 0. The molecule has 1 atom stereocenters. The molecule has 68 valence electrons. The highest BCUT2D eigenvalue weighted by Crippen LogP contribution is 2.15. The molecule has 1 fully saturated rings. The zero-order chi connectivity index (χ0) is 9.19. The summed E-state index contributed by atoms with van der Waals surface area (Å²) < 4.78 is 9.59. The molecule has 12 heavy (non-hydrogen) atoms. The van der Waals surface area contributed by atoms with E-state index >= 15 is 0 Å². The van der Waals surface area contributed by atoms with Gasteiger partial charge in [-0.25, -0.2) is 4.79 Å². The lowest BCUT2D eigenvalue weighted by Gasteiger charge is -2.29. The van der Waals surface area contributed by atoms with E-state index < -0.39 is 17.5 Å². The standard InChI is InChI=1S/C6H9NO5/c7-4(8)6(5(9)10)3-11-1-2-12-6/h1-3H2,(H2,7,8)(H,9,10). The quantitative estimate of drug-likeness (QED) is 0.489. The maximum Gasteiger partial charge on any atom is 0.348 e. The molecule has 0 saturated carbocycles. The van der Waals surface area contributed by atoms with Gasteiger partial charge in [-0.1, -0.05) is 0 Å². The molecule has 0 aliphatic carbocycles. The van der Waals surface area contributed by atoms with Gasteiger partial charge in [-0.3, -0.25) is 4.79 Å². The summed E-state index contributed by atoms with van der Waals surface area (Å²) in [5.74, 6) is -2.44. The zero-order valence-corrected chi connectivity index (χ0v) is 6.28. The Balaban J connectivity index is 2.84. The van der Waals surface area contributed by atoms with E-state index in [0.29, 0.717) is 0 Å². The molecule has 1 heterocycles. The van der Waals surface area contributed by atoms with Gasteiger partial charge in [0.15, 0.2) is 0 Å². The maximum absolute atomic E-state index is 10.8. The smallest absolute Gasteiger partial charge is 0.348 e. The molecule has 0 aromatic heterocycles. The first-order valence-electron chi connectivity index (χ1n) is 3.34. The molecule has 0 aromatic carbocycles. The van der Waals surface area contributed by atoms with Gasteiger partial charge in [0.05, 0.1) is 19.8 Å². The van der Waals surface area contributed by atoms with Crippen LogP contribution in [0.25, 0.3) is 0 Å². The lowest BCUT2D eigenvalue weighted by atomic mass is 10.0. The Labute approximate surface area is 68.2 Å². The van der Waals surface area contributed by atoms with Crippen molar-refractivity contribution < 1.29 is 24.2 Å². The minimum absolute atomic E-state index is 0.0647. The predicted octanol–water partition coefficient (Wildman–Crippen LogP) is -1.66. The number of carboxylic acid groups (broad SMARTS) is 1. The SMILES string of the molecule is NC(=O)C1(C(=O)O)COCCO1. The van der Waals surface area contributed by atoms with Crippen molar-refractivity contribution in [2.45, 2.75) is 5.60 Å². The molecule has 1 aliphatic heterocycles. The molecule has 3 N–H and O–H groups in total. The summed E-state index contributed by atoms with van der Waals surface area (Å²) in [5.41, 5.74) is 2.89. The number of amides is 1. The van der Waals surface area contributed by atoms with E-state index in [9.17, 15) is 9.59 Å². The lowest BCUT2D eigenvalue weighted by molar-refractivity contribution is -0.195. The van der Waals surface area contributed by atoms with Crippen LogP contribution < -0.4 is 5.73 Å². The van der Waals surface area contributed by atoms with E-state index in [1.807, 2.05) is 0 Å². The monoisotopic (exact) mass is 175 g/mol. The molecular weight excluding hydrogens is 166 g/mol. The van der Waals surface area contributed by atoms with Crippen LogP contribution in [0.1, 0.15) is 0 Å². The third-order valence-corrected chi connectivity index (χ3v) is 1.62. The van der Waals surface area contributed by atoms with Crippen LogP contribution in [0.3, 0.4) is 0 Å². The van der Waals surface area contributed by atoms with Crippen molar-refractivity contribution in [3.8, 4) is 0 Å². The molecule has 0 bridgehead atoms. The Morgan fingerprint density at radius 1 is 1.42 bits per heavy atom. The molecule has 6 nitrogen and oxygen atoms in total. The Morgan fingerprint density at radius 2 is 2.08 bits per heavy atom. The Hall–Kier alpha value is -1.14. The Bertz CT molecular complexity index is 192. The second kappa shape index (κ2) is 3.08. The number of ether oxygens (including phenoxy) is 2. The summed E-state index contributed by atoms with van der Waals surface area (Å²) in [5, 5.41) is 8.65. The summed E-state index contributed by atoms with van der Waals surface area (Å²) in [6, 6.07) is 0. The number of aliphatic carboxylic acids is 1. The minimum atomic E-state index is -1.99. The third-order valence-electron chi connectivity index (χ3n) is 1.62. The van der Waals surface area contributed by atoms with Gasteiger partial charge in [0, 0.05) is 0 Å². The lowest BCUT2D eigenvalue weighted by Crippen LogP contribution is -2.58. The fourth-order valence-corrected chi connectivity index (χ4v) is 0.904. The number of rotatable bonds is 2. The van der Waals surface area contributed by atoms with Crippen LogP contribution in [-0.2, 0) is 19.1 Å². The molecule has 1 rings (SSSR count). The van der Waals surface area contributed by atoms with E-state index in [1.165, 1.54) is 0 Å². The topological polar surface area (TPSA) is 98.9 Å². The first kappa shape index (κ1) is 8.95. The first-order valence-corrected chi connectivity index (χ1v) is 3.34. The van der Waals surface area contributed by atoms with Crippen LogP contribution in [-0.4, -0.2) is 42.4 Å². The number of hydrogen-bond donors (Lipinski definition) is 2. The number of primary amides is 1. The summed E-state index contributed by atoms with van der Waals surface area (Å²) in [6.07, 6.45) is 0. The molecule has 6 heteroatoms. The average molecular weight is 175 g/mol. The van der Waals surface area contributed by atoms with E-state index in [1.54, 1.807) is 0 Å². The summed E-state index contributed by atoms with van der Waals surface area (Å²) >= 11 is 0. The number of carbonyl (C=O) groups is 2. The highest BCUT2D eigenvalue weighted by molar-refractivity contribution is 6.05. The van der Waals surface area contributed by atoms with Crippen LogP contribution in [0.4, 0.5) is 0 Å². The molecular formula is C6H9NO5. The summed E-state index contributed by atoms with van der Waals surface area (Å²) in [6.45, 7) is 0.0230. The van der Waals surface area contributed by atoms with Crippen molar-refractivity contribution >= 4 is 11.9 Å². The van der Waals surface area contributed by atoms with E-state index in [4.69, 9.17) is 20.3 Å². The Kier molecular flexibility index (Phi) is 2.30. The van der Waals surface area contributed by atoms with Gasteiger partial charge in [-0.05, 0) is 0 Å². The van der Waals surface area contributed by atoms with E-state index in [-0.39, 0.29) is 19.8 Å². The molecule has 0 aromatic rings. The van der Waals surface area contributed by atoms with Crippen molar-refractivity contribution in [2.24, 2.45) is 5.73 Å². The highest BCUT2D eigenvalue weighted by Gasteiger charge is 2.48. The maximum atomic E-state index is 10.8. The first-order chi connectivity index (χ1) is 5.59. The van der Waals surface area contributed by atoms with Gasteiger partial charge >= 0.3 is 5.97 Å². The summed E-state index contributed by atoms with van der Waals surface area (Å²) in [4.78, 5) is 21.4. The number of carbonyl (C=O) groups excluding carboxylic acids is 1. The second-order valence-corrected chi connectivity index (χ2v) is 2.40. The molecule has 1 unspecified atom stereocenters. The zero-order valence-electron chi connectivity index (χ0n) is 6.28. The Morgan fingerprint density at radius 3 is 2.33 bits per heavy atom. The van der Waals surface area contributed by atoms with Crippen LogP contribution in [0.15, 0.2) is 0 Å². The van der Waals surface area contributed by atoms with Gasteiger partial charge in [0.25, 0.3) is 11.5 Å². The van der Waals surface area contributed by atoms with Gasteiger partial charge in [-0.15, -0.1) is 0 Å². The predicted molar refractivity (Wildman–Crippen MR) is 36.3 cm³/mol. The fraction of sp³-hybridized carbons (Fsp3) is 0.667. The molecule has 0 spiro atoms. The molecule has 1 aliphatic rings. The molecule has 1 amide bonds. The number of carboxylic acids is 1. The largest absolute Gasteiger partial charge is 0.479 e. The van der Waals surface area contributed by atoms with Gasteiger partial charge in [0.2, 0.25) is 0 Å². The van der Waals surface area contributed by atoms with Crippen LogP contribution in [0, 0.1) is 0 Å². The van der Waals surface area contributed by atoms with Gasteiger partial charge in [0.1, 0.15) is 0 Å². The van der Waals surface area contributed by atoms with E-state index in [0.717, 1.165) is 0 Å². The highest BCUT2D eigenvalue weighted by atomic mass is 16.6. The third kappa shape index (κ3) is 1.26. The molecule has 0 radical (unpaired) electrons. The average Bonchev–Trinajstić information content (AvgIpc) is 2.05. The molecule has 1 saturated heterocycles. The van der Waals surface area contributed by atoms with Crippen molar-refractivity contribution in [3.05, 3.63) is 0 Å². The van der Waals surface area contributed by atoms with Crippen molar-refractivity contribution in [2.75, 3.05) is 19.8 Å². The minimum Gasteiger partial charge on any atom is -0.479 e. The van der Waals surface area contributed by atoms with Gasteiger partial charge in [-0.2, -0.15) is 0 Å².